The summed E-state index contributed by atoms with van der Waals surface area (Å²) in [5.41, 5.74) is 2.91. The molecule has 108 valence electrons. The van der Waals surface area contributed by atoms with Crippen molar-refractivity contribution in [1.29, 1.82) is 0 Å². The van der Waals surface area contributed by atoms with E-state index >= 15 is 0 Å². The maximum atomic E-state index is 5.72. The summed E-state index contributed by atoms with van der Waals surface area (Å²) < 4.78 is 0. The quantitative estimate of drug-likeness (QED) is 0.269. The number of hydrogen-bond donors (Lipinski definition) is 2. The van der Waals surface area contributed by atoms with Crippen LogP contribution in [0.5, 0.6) is 0 Å². The van der Waals surface area contributed by atoms with E-state index in [1.54, 1.807) is 0 Å². The fourth-order valence-corrected chi connectivity index (χ4v) is 4.63. The molecule has 3 rings (SSSR count). The standard InChI is InChI=1S/C16H29N3/c17-19-16(18-15-5-3-1-2-4-6-15)11-14-10-12-7-8-13(14)9-12/h12-15H,1-11,17H2,(H,18,19). The highest BCUT2D eigenvalue weighted by atomic mass is 15.3. The molecule has 3 nitrogen and oxygen atoms in total. The summed E-state index contributed by atoms with van der Waals surface area (Å²) in [7, 11) is 0. The van der Waals surface area contributed by atoms with E-state index < -0.39 is 0 Å². The molecule has 2 bridgehead atoms. The van der Waals surface area contributed by atoms with Crippen LogP contribution in [0.1, 0.15) is 70.6 Å². The maximum absolute atomic E-state index is 5.72. The lowest BCUT2D eigenvalue weighted by Gasteiger charge is -2.23. The number of hydrazine groups is 1. The van der Waals surface area contributed by atoms with Crippen molar-refractivity contribution in [2.24, 2.45) is 28.6 Å². The van der Waals surface area contributed by atoms with Crippen molar-refractivity contribution in [2.75, 3.05) is 0 Å². The van der Waals surface area contributed by atoms with E-state index in [9.17, 15) is 0 Å². The van der Waals surface area contributed by atoms with Gasteiger partial charge in [-0.2, -0.15) is 0 Å². The third kappa shape index (κ3) is 3.31. The average molecular weight is 263 g/mol. The van der Waals surface area contributed by atoms with E-state index in [0.29, 0.717) is 6.04 Å². The molecular formula is C16H29N3. The lowest BCUT2D eigenvalue weighted by molar-refractivity contribution is 0.340. The van der Waals surface area contributed by atoms with Crippen LogP contribution >= 0.6 is 0 Å². The Morgan fingerprint density at radius 3 is 2.37 bits per heavy atom. The Balaban J connectivity index is 1.57. The van der Waals surface area contributed by atoms with Crippen molar-refractivity contribution in [1.82, 2.24) is 5.43 Å². The molecule has 3 aliphatic carbocycles. The minimum absolute atomic E-state index is 0.534. The molecule has 0 saturated heterocycles. The Hall–Kier alpha value is -0.570. The van der Waals surface area contributed by atoms with Gasteiger partial charge in [0, 0.05) is 6.42 Å². The van der Waals surface area contributed by atoms with Crippen LogP contribution in [0, 0.1) is 17.8 Å². The minimum atomic E-state index is 0.534. The second-order valence-electron chi connectivity index (χ2n) is 7.00. The molecule has 3 unspecified atom stereocenters. The first-order chi connectivity index (χ1) is 9.35. The average Bonchev–Trinajstić information content (AvgIpc) is 2.94. The number of hydrogen-bond acceptors (Lipinski definition) is 2. The van der Waals surface area contributed by atoms with Gasteiger partial charge < -0.3 is 5.43 Å². The zero-order chi connectivity index (χ0) is 13.1. The first kappa shape index (κ1) is 13.4. The topological polar surface area (TPSA) is 50.4 Å². The number of fused-ring (bicyclic) bond motifs is 2. The van der Waals surface area contributed by atoms with E-state index in [-0.39, 0.29) is 0 Å². The van der Waals surface area contributed by atoms with Gasteiger partial charge in [-0.3, -0.25) is 4.99 Å². The predicted octanol–water partition coefficient (Wildman–Crippen LogP) is 3.40. The molecule has 0 aromatic rings. The van der Waals surface area contributed by atoms with Gasteiger partial charge in [-0.15, -0.1) is 0 Å². The van der Waals surface area contributed by atoms with E-state index in [0.717, 1.165) is 30.0 Å². The Morgan fingerprint density at radius 2 is 1.79 bits per heavy atom. The summed E-state index contributed by atoms with van der Waals surface area (Å²) in [4.78, 5) is 4.94. The summed E-state index contributed by atoms with van der Waals surface area (Å²) in [6.07, 6.45) is 15.0. The van der Waals surface area contributed by atoms with E-state index in [1.165, 1.54) is 64.2 Å². The Labute approximate surface area is 117 Å². The number of aliphatic imine (C=N–C) groups is 1. The molecule has 3 atom stereocenters. The molecule has 0 heterocycles. The van der Waals surface area contributed by atoms with Gasteiger partial charge >= 0.3 is 0 Å². The minimum Gasteiger partial charge on any atom is -0.312 e. The number of amidine groups is 1. The summed E-state index contributed by atoms with van der Waals surface area (Å²) in [6.45, 7) is 0. The van der Waals surface area contributed by atoms with Crippen LogP contribution in [0.2, 0.25) is 0 Å². The molecule has 0 aliphatic heterocycles. The van der Waals surface area contributed by atoms with Crippen molar-refractivity contribution >= 4 is 5.84 Å². The van der Waals surface area contributed by atoms with Gasteiger partial charge in [-0.25, -0.2) is 5.84 Å². The van der Waals surface area contributed by atoms with Crippen molar-refractivity contribution in [3.05, 3.63) is 0 Å². The molecule has 0 amide bonds. The van der Waals surface area contributed by atoms with Crippen molar-refractivity contribution < 1.29 is 0 Å². The van der Waals surface area contributed by atoms with Gasteiger partial charge in [0.1, 0.15) is 5.84 Å². The molecule has 0 aromatic heterocycles. The maximum Gasteiger partial charge on any atom is 0.111 e. The fraction of sp³-hybridized carbons (Fsp3) is 0.938. The van der Waals surface area contributed by atoms with E-state index in [2.05, 4.69) is 5.43 Å². The first-order valence-electron chi connectivity index (χ1n) is 8.38. The summed E-state index contributed by atoms with van der Waals surface area (Å²) in [5, 5.41) is 0. The second-order valence-corrected chi connectivity index (χ2v) is 7.00. The van der Waals surface area contributed by atoms with Gasteiger partial charge in [0.2, 0.25) is 0 Å². The summed E-state index contributed by atoms with van der Waals surface area (Å²) in [6, 6.07) is 0.534. The molecule has 0 aromatic carbocycles. The second kappa shape index (κ2) is 6.25. The number of rotatable bonds is 3. The van der Waals surface area contributed by atoms with Gasteiger partial charge in [0.05, 0.1) is 6.04 Å². The summed E-state index contributed by atoms with van der Waals surface area (Å²) in [5.74, 6) is 9.66. The van der Waals surface area contributed by atoms with Crippen LogP contribution < -0.4 is 11.3 Å². The van der Waals surface area contributed by atoms with Gasteiger partial charge in [-0.05, 0) is 49.9 Å². The van der Waals surface area contributed by atoms with Crippen LogP contribution in [-0.4, -0.2) is 11.9 Å². The normalized spacial score (nSPS) is 36.5. The SMILES string of the molecule is NNC(CC1CC2CCC1C2)=NC1CCCCCC1. The lowest BCUT2D eigenvalue weighted by atomic mass is 9.86. The van der Waals surface area contributed by atoms with Gasteiger partial charge in [-0.1, -0.05) is 32.1 Å². The summed E-state index contributed by atoms with van der Waals surface area (Å²) >= 11 is 0. The smallest absolute Gasteiger partial charge is 0.111 e. The molecule has 3 aliphatic rings. The molecule has 3 N–H and O–H groups in total. The lowest BCUT2D eigenvalue weighted by Crippen LogP contribution is -2.34. The Bertz CT molecular complexity index is 318. The molecule has 3 fully saturated rings. The monoisotopic (exact) mass is 263 g/mol. The highest BCUT2D eigenvalue weighted by Gasteiger charge is 2.39. The molecule has 0 spiro atoms. The Kier molecular flexibility index (Phi) is 4.42. The molecule has 3 heteroatoms. The van der Waals surface area contributed by atoms with Gasteiger partial charge in [0.25, 0.3) is 0 Å². The molecule has 19 heavy (non-hydrogen) atoms. The first-order valence-corrected chi connectivity index (χ1v) is 8.38. The molecular weight excluding hydrogens is 234 g/mol. The molecule has 3 saturated carbocycles. The van der Waals surface area contributed by atoms with Crippen LogP contribution in [-0.2, 0) is 0 Å². The largest absolute Gasteiger partial charge is 0.312 e. The number of nitrogens with one attached hydrogen (secondary N) is 1. The van der Waals surface area contributed by atoms with E-state index in [4.69, 9.17) is 10.8 Å². The van der Waals surface area contributed by atoms with Crippen LogP contribution in [0.25, 0.3) is 0 Å². The fourth-order valence-electron chi connectivity index (χ4n) is 4.63. The zero-order valence-corrected chi connectivity index (χ0v) is 12.1. The highest BCUT2D eigenvalue weighted by molar-refractivity contribution is 5.82. The third-order valence-corrected chi connectivity index (χ3v) is 5.67. The van der Waals surface area contributed by atoms with Crippen molar-refractivity contribution in [3.8, 4) is 0 Å². The van der Waals surface area contributed by atoms with Crippen LogP contribution in [0.4, 0.5) is 0 Å². The highest BCUT2D eigenvalue weighted by Crippen LogP contribution is 2.49. The van der Waals surface area contributed by atoms with Gasteiger partial charge in [0.15, 0.2) is 0 Å². The molecule has 0 radical (unpaired) electrons. The Morgan fingerprint density at radius 1 is 1.00 bits per heavy atom. The predicted molar refractivity (Wildman–Crippen MR) is 79.8 cm³/mol. The van der Waals surface area contributed by atoms with Crippen LogP contribution in [0.3, 0.4) is 0 Å². The number of nitrogens with zero attached hydrogens (tertiary/aromatic N) is 1. The third-order valence-electron chi connectivity index (χ3n) is 5.67. The zero-order valence-electron chi connectivity index (χ0n) is 12.1. The van der Waals surface area contributed by atoms with Crippen LogP contribution in [0.15, 0.2) is 4.99 Å². The van der Waals surface area contributed by atoms with Crippen molar-refractivity contribution in [3.63, 3.8) is 0 Å². The van der Waals surface area contributed by atoms with E-state index in [1.807, 2.05) is 0 Å². The number of nitrogens with two attached hydrogens (primary N) is 1. The van der Waals surface area contributed by atoms with Crippen molar-refractivity contribution in [2.45, 2.75) is 76.7 Å².